The Morgan fingerprint density at radius 3 is 1.87 bits per heavy atom. The standard InChI is InChI=1S/C15H13OS.C5H5.Fe/c1-17-14-9-6-12(7-10-14)8-11-15(16)13-4-2-3-5-13;1-2-4-5-3-1;/h2-11H,1H3;1-5H;/q;;+2/b11-8+;;. The van der Waals surface area contributed by atoms with Crippen molar-refractivity contribution < 1.29 is 21.9 Å². The van der Waals surface area contributed by atoms with E-state index in [1.807, 2.05) is 82.3 Å². The minimum Gasteiger partial charge on any atom is -0.294 e. The molecule has 0 atom stereocenters. The number of allylic oxidation sites excluding steroid dienone is 1. The minimum atomic E-state index is 0. The Labute approximate surface area is 156 Å². The second-order valence-electron chi connectivity index (χ2n) is 4.61. The third kappa shape index (κ3) is 7.74. The predicted molar refractivity (Wildman–Crippen MR) is 94.2 cm³/mol. The van der Waals surface area contributed by atoms with E-state index in [1.165, 1.54) is 4.90 Å². The molecule has 2 fully saturated rings. The average Bonchev–Trinajstić information content (AvgIpc) is 3.28. The molecule has 0 amide bonds. The van der Waals surface area contributed by atoms with Crippen LogP contribution in [0.5, 0.6) is 0 Å². The van der Waals surface area contributed by atoms with E-state index in [1.54, 1.807) is 17.8 Å². The number of rotatable bonds is 4. The zero-order chi connectivity index (χ0) is 15.6. The fourth-order valence-corrected chi connectivity index (χ4v) is 2.25. The fourth-order valence-electron chi connectivity index (χ4n) is 1.84. The molecule has 0 saturated heterocycles. The van der Waals surface area contributed by atoms with Crippen molar-refractivity contribution in [3.63, 3.8) is 0 Å². The number of thioether (sulfide) groups is 1. The molecule has 0 bridgehead atoms. The molecule has 2 aliphatic rings. The van der Waals surface area contributed by atoms with E-state index < -0.39 is 0 Å². The van der Waals surface area contributed by atoms with E-state index in [-0.39, 0.29) is 22.9 Å². The number of carbonyl (C=O) groups is 1. The summed E-state index contributed by atoms with van der Waals surface area (Å²) in [7, 11) is 0. The SMILES string of the molecule is CSc1ccc(/C=C/C(=O)[C]2[CH][CH][CH][CH]2)cc1.[CH]1[CH][CH][CH][CH]1.[Fe+2]. The van der Waals surface area contributed by atoms with Crippen LogP contribution in [0.25, 0.3) is 6.08 Å². The van der Waals surface area contributed by atoms with Gasteiger partial charge in [0.1, 0.15) is 0 Å². The Bertz CT molecular complexity index is 463. The molecule has 1 nitrogen and oxygen atoms in total. The molecule has 2 aliphatic carbocycles. The van der Waals surface area contributed by atoms with Gasteiger partial charge in [-0.1, -0.05) is 18.2 Å². The first-order valence-corrected chi connectivity index (χ1v) is 8.27. The molecule has 0 aromatic heterocycles. The number of ketones is 1. The van der Waals surface area contributed by atoms with Gasteiger partial charge in [0.2, 0.25) is 0 Å². The Kier molecular flexibility index (Phi) is 10.7. The first kappa shape index (κ1) is 20.5. The van der Waals surface area contributed by atoms with Gasteiger partial charge in [0.05, 0.1) is 5.92 Å². The van der Waals surface area contributed by atoms with Gasteiger partial charge >= 0.3 is 17.1 Å². The molecule has 116 valence electrons. The second-order valence-corrected chi connectivity index (χ2v) is 5.49. The van der Waals surface area contributed by atoms with E-state index >= 15 is 0 Å². The van der Waals surface area contributed by atoms with Crippen LogP contribution in [0.1, 0.15) is 5.56 Å². The molecule has 3 rings (SSSR count). The van der Waals surface area contributed by atoms with E-state index in [0.29, 0.717) is 0 Å². The summed E-state index contributed by atoms with van der Waals surface area (Å²) in [4.78, 5) is 12.9. The van der Waals surface area contributed by atoms with Crippen LogP contribution in [0.15, 0.2) is 35.2 Å². The number of hydrogen-bond donors (Lipinski definition) is 0. The first-order valence-electron chi connectivity index (χ1n) is 7.04. The van der Waals surface area contributed by atoms with Gasteiger partial charge in [-0.25, -0.2) is 0 Å². The van der Waals surface area contributed by atoms with Crippen molar-refractivity contribution in [1.82, 2.24) is 0 Å². The Balaban J connectivity index is 0.000000377. The van der Waals surface area contributed by atoms with Crippen LogP contribution in [0.4, 0.5) is 0 Å². The van der Waals surface area contributed by atoms with Crippen molar-refractivity contribution in [3.05, 3.63) is 99.6 Å². The molecule has 0 unspecified atom stereocenters. The zero-order valence-corrected chi connectivity index (χ0v) is 14.8. The van der Waals surface area contributed by atoms with Gasteiger partial charge in [-0.3, -0.25) is 4.79 Å². The van der Waals surface area contributed by atoms with Crippen LogP contribution in [-0.4, -0.2) is 12.0 Å². The summed E-state index contributed by atoms with van der Waals surface area (Å²) < 4.78 is 0. The summed E-state index contributed by atoms with van der Waals surface area (Å²) >= 11 is 1.71. The Morgan fingerprint density at radius 1 is 0.870 bits per heavy atom. The monoisotopic (exact) mass is 362 g/mol. The van der Waals surface area contributed by atoms with Crippen molar-refractivity contribution in [2.45, 2.75) is 4.90 Å². The van der Waals surface area contributed by atoms with Crippen molar-refractivity contribution in [2.24, 2.45) is 0 Å². The molecule has 10 radical (unpaired) electrons. The Hall–Kier alpha value is -0.501. The second kappa shape index (κ2) is 11.9. The summed E-state index contributed by atoms with van der Waals surface area (Å²) in [6, 6.07) is 8.13. The van der Waals surface area contributed by atoms with Crippen LogP contribution < -0.4 is 0 Å². The van der Waals surface area contributed by atoms with Crippen LogP contribution in [0, 0.1) is 63.7 Å². The number of carbonyl (C=O) groups excluding carboxylic acids is 1. The van der Waals surface area contributed by atoms with E-state index in [4.69, 9.17) is 0 Å². The van der Waals surface area contributed by atoms with E-state index in [2.05, 4.69) is 12.1 Å². The maximum Gasteiger partial charge on any atom is 2.00 e. The predicted octanol–water partition coefficient (Wildman–Crippen LogP) is 4.42. The first-order chi connectivity index (χ1) is 10.8. The zero-order valence-electron chi connectivity index (χ0n) is 12.8. The van der Waals surface area contributed by atoms with E-state index in [9.17, 15) is 4.79 Å². The quantitative estimate of drug-likeness (QED) is 0.448. The average molecular weight is 362 g/mol. The smallest absolute Gasteiger partial charge is 0.294 e. The number of hydrogen-bond acceptors (Lipinski definition) is 2. The van der Waals surface area contributed by atoms with Crippen molar-refractivity contribution in [1.29, 1.82) is 0 Å². The van der Waals surface area contributed by atoms with Crippen LogP contribution in [-0.2, 0) is 21.9 Å². The normalized spacial score (nSPS) is 17.6. The molecular weight excluding hydrogens is 344 g/mol. The van der Waals surface area contributed by atoms with Gasteiger partial charge < -0.3 is 0 Å². The summed E-state index contributed by atoms with van der Waals surface area (Å²) in [5.41, 5.74) is 1.04. The van der Waals surface area contributed by atoms with E-state index in [0.717, 1.165) is 11.5 Å². The molecule has 23 heavy (non-hydrogen) atoms. The van der Waals surface area contributed by atoms with Crippen molar-refractivity contribution >= 4 is 23.6 Å². The Morgan fingerprint density at radius 2 is 1.39 bits per heavy atom. The van der Waals surface area contributed by atoms with Gasteiger partial charge in [0, 0.05) is 4.90 Å². The third-order valence-corrected chi connectivity index (χ3v) is 3.79. The molecule has 0 heterocycles. The molecule has 3 heteroatoms. The largest absolute Gasteiger partial charge is 2.00 e. The minimum absolute atomic E-state index is 0. The van der Waals surface area contributed by atoms with Crippen molar-refractivity contribution in [3.8, 4) is 0 Å². The van der Waals surface area contributed by atoms with Crippen LogP contribution in [0.2, 0.25) is 0 Å². The molecule has 0 N–H and O–H groups in total. The van der Waals surface area contributed by atoms with Gasteiger partial charge in [-0.2, -0.15) is 0 Å². The maximum absolute atomic E-state index is 11.7. The maximum atomic E-state index is 11.7. The third-order valence-electron chi connectivity index (χ3n) is 3.05. The van der Waals surface area contributed by atoms with Gasteiger partial charge in [0.25, 0.3) is 0 Å². The molecular formula is C20H18FeOS+2. The molecule has 1 aromatic carbocycles. The fraction of sp³-hybridized carbons (Fsp3) is 0.0500. The molecule has 0 aliphatic heterocycles. The van der Waals surface area contributed by atoms with Crippen LogP contribution >= 0.6 is 11.8 Å². The molecule has 0 spiro atoms. The summed E-state index contributed by atoms with van der Waals surface area (Å²) in [5, 5.41) is 0. The van der Waals surface area contributed by atoms with Crippen LogP contribution in [0.3, 0.4) is 0 Å². The summed E-state index contributed by atoms with van der Waals surface area (Å²) in [6.45, 7) is 0. The topological polar surface area (TPSA) is 17.1 Å². The van der Waals surface area contributed by atoms with Gasteiger partial charge in [-0.05, 0) is 87.8 Å². The van der Waals surface area contributed by atoms with Gasteiger partial charge in [0.15, 0.2) is 5.78 Å². The van der Waals surface area contributed by atoms with Gasteiger partial charge in [-0.15, -0.1) is 11.8 Å². The van der Waals surface area contributed by atoms with Crippen molar-refractivity contribution in [2.75, 3.05) is 6.26 Å². The molecule has 2 saturated carbocycles. The molecule has 1 aromatic rings. The number of benzene rings is 1. The summed E-state index contributed by atoms with van der Waals surface area (Å²) in [6.07, 6.45) is 22.9. The summed E-state index contributed by atoms with van der Waals surface area (Å²) in [5.74, 6) is 0.783.